The molecule has 0 bridgehead atoms. The number of methoxy groups -OCH3 is 1. The number of rotatable bonds is 4. The van der Waals surface area contributed by atoms with Crippen LogP contribution in [0.3, 0.4) is 0 Å². The van der Waals surface area contributed by atoms with Gasteiger partial charge in [0.05, 0.1) is 6.10 Å². The number of ether oxygens (including phenoxy) is 1. The summed E-state index contributed by atoms with van der Waals surface area (Å²) >= 11 is 0. The van der Waals surface area contributed by atoms with Crippen LogP contribution in [0.15, 0.2) is 5.11 Å². The number of nitrogens with zero attached hydrogens (tertiary/aromatic N) is 4. The van der Waals surface area contributed by atoms with E-state index < -0.39 is 0 Å². The zero-order chi connectivity index (χ0) is 8.81. The molecule has 1 aliphatic heterocycles. The second kappa shape index (κ2) is 4.98. The van der Waals surface area contributed by atoms with Crippen LogP contribution in [0.2, 0.25) is 0 Å². The monoisotopic (exact) mass is 170 g/mol. The van der Waals surface area contributed by atoms with Crippen molar-refractivity contribution in [3.8, 4) is 0 Å². The highest BCUT2D eigenvalue weighted by Gasteiger charge is 2.20. The summed E-state index contributed by atoms with van der Waals surface area (Å²) in [5.74, 6) is 0. The van der Waals surface area contributed by atoms with Crippen LogP contribution in [-0.4, -0.2) is 44.3 Å². The third-order valence-electron chi connectivity index (χ3n) is 2.14. The highest BCUT2D eigenvalue weighted by atomic mass is 16.5. The predicted molar refractivity (Wildman–Crippen MR) is 45.9 cm³/mol. The second-order valence-electron chi connectivity index (χ2n) is 2.90. The van der Waals surface area contributed by atoms with Crippen LogP contribution in [0, 0.1) is 0 Å². The molecule has 0 aromatic heterocycles. The number of azide groups is 1. The molecule has 0 amide bonds. The van der Waals surface area contributed by atoms with E-state index in [1.807, 2.05) is 0 Å². The molecule has 0 N–H and O–H groups in total. The van der Waals surface area contributed by atoms with E-state index in [4.69, 9.17) is 10.3 Å². The van der Waals surface area contributed by atoms with E-state index in [9.17, 15) is 0 Å². The lowest BCUT2D eigenvalue weighted by molar-refractivity contribution is 0.108. The summed E-state index contributed by atoms with van der Waals surface area (Å²) in [5.41, 5.74) is 8.05. The smallest absolute Gasteiger partial charge is 0.0710 e. The molecule has 5 heteroatoms. The molecule has 68 valence electrons. The topological polar surface area (TPSA) is 61.2 Å². The van der Waals surface area contributed by atoms with Gasteiger partial charge in [0, 0.05) is 38.2 Å². The number of hydrogen-bond donors (Lipinski definition) is 0. The lowest BCUT2D eigenvalue weighted by Crippen LogP contribution is -2.25. The Morgan fingerprint density at radius 1 is 1.75 bits per heavy atom. The van der Waals surface area contributed by atoms with Crippen LogP contribution < -0.4 is 0 Å². The van der Waals surface area contributed by atoms with Gasteiger partial charge in [-0.2, -0.15) is 0 Å². The van der Waals surface area contributed by atoms with E-state index in [0.29, 0.717) is 12.6 Å². The van der Waals surface area contributed by atoms with Crippen molar-refractivity contribution < 1.29 is 4.74 Å². The molecule has 0 unspecified atom stereocenters. The Balaban J connectivity index is 2.14. The summed E-state index contributed by atoms with van der Waals surface area (Å²) in [6, 6.07) is 0. The minimum absolute atomic E-state index is 0.371. The first kappa shape index (κ1) is 9.32. The van der Waals surface area contributed by atoms with Gasteiger partial charge < -0.3 is 9.64 Å². The number of hydrogen-bond acceptors (Lipinski definition) is 3. The van der Waals surface area contributed by atoms with E-state index in [2.05, 4.69) is 14.9 Å². The summed E-state index contributed by atoms with van der Waals surface area (Å²) in [6.45, 7) is 3.44. The fourth-order valence-corrected chi connectivity index (χ4v) is 1.42. The van der Waals surface area contributed by atoms with Gasteiger partial charge in [0.1, 0.15) is 0 Å². The van der Waals surface area contributed by atoms with Crippen molar-refractivity contribution in [2.45, 2.75) is 12.5 Å². The van der Waals surface area contributed by atoms with Gasteiger partial charge in [-0.1, -0.05) is 5.11 Å². The van der Waals surface area contributed by atoms with Gasteiger partial charge in [0.2, 0.25) is 0 Å². The van der Waals surface area contributed by atoms with Gasteiger partial charge in [-0.25, -0.2) is 0 Å². The van der Waals surface area contributed by atoms with Gasteiger partial charge in [-0.3, -0.25) is 0 Å². The molecule has 0 radical (unpaired) electrons. The van der Waals surface area contributed by atoms with Crippen LogP contribution in [0.25, 0.3) is 10.4 Å². The fourth-order valence-electron chi connectivity index (χ4n) is 1.42. The Hall–Kier alpha value is -0.770. The Morgan fingerprint density at radius 2 is 2.58 bits per heavy atom. The van der Waals surface area contributed by atoms with Crippen molar-refractivity contribution in [2.75, 3.05) is 33.3 Å². The zero-order valence-corrected chi connectivity index (χ0v) is 7.31. The molecular weight excluding hydrogens is 156 g/mol. The third kappa shape index (κ3) is 2.70. The first-order valence-electron chi connectivity index (χ1n) is 4.13. The molecule has 0 saturated carbocycles. The van der Waals surface area contributed by atoms with Crippen LogP contribution in [0.1, 0.15) is 6.42 Å². The Kier molecular flexibility index (Phi) is 3.87. The van der Waals surface area contributed by atoms with E-state index in [-0.39, 0.29) is 0 Å². The van der Waals surface area contributed by atoms with Crippen molar-refractivity contribution in [1.29, 1.82) is 0 Å². The normalized spacial score (nSPS) is 23.9. The maximum Gasteiger partial charge on any atom is 0.0710 e. The molecule has 1 aliphatic rings. The largest absolute Gasteiger partial charge is 0.380 e. The fraction of sp³-hybridized carbons (Fsp3) is 1.00. The zero-order valence-electron chi connectivity index (χ0n) is 7.31. The molecule has 0 spiro atoms. The summed E-state index contributed by atoms with van der Waals surface area (Å²) in [6.07, 6.45) is 1.46. The molecule has 0 aliphatic carbocycles. The van der Waals surface area contributed by atoms with Crippen molar-refractivity contribution in [3.63, 3.8) is 0 Å². The maximum absolute atomic E-state index is 8.05. The molecule has 1 fully saturated rings. The van der Waals surface area contributed by atoms with Crippen molar-refractivity contribution in [2.24, 2.45) is 5.11 Å². The first-order chi connectivity index (χ1) is 5.86. The highest BCUT2D eigenvalue weighted by molar-refractivity contribution is 4.75. The van der Waals surface area contributed by atoms with Crippen molar-refractivity contribution in [3.05, 3.63) is 10.4 Å². The summed E-state index contributed by atoms with van der Waals surface area (Å²) in [5, 5.41) is 3.48. The lowest BCUT2D eigenvalue weighted by Gasteiger charge is -2.13. The van der Waals surface area contributed by atoms with E-state index in [1.54, 1.807) is 7.11 Å². The molecule has 1 rings (SSSR count). The SMILES string of the molecule is CO[C@H]1CCN(CCN=[N+]=[N-])C1. The van der Waals surface area contributed by atoms with E-state index >= 15 is 0 Å². The van der Waals surface area contributed by atoms with Crippen LogP contribution in [0.4, 0.5) is 0 Å². The minimum atomic E-state index is 0.371. The summed E-state index contributed by atoms with van der Waals surface area (Å²) in [7, 11) is 1.74. The minimum Gasteiger partial charge on any atom is -0.380 e. The number of likely N-dealkylation sites (tertiary alicyclic amines) is 1. The summed E-state index contributed by atoms with van der Waals surface area (Å²) < 4.78 is 5.20. The molecule has 5 nitrogen and oxygen atoms in total. The maximum atomic E-state index is 8.05. The van der Waals surface area contributed by atoms with Crippen molar-refractivity contribution >= 4 is 0 Å². The Morgan fingerprint density at radius 3 is 3.17 bits per heavy atom. The van der Waals surface area contributed by atoms with Gasteiger partial charge in [0.25, 0.3) is 0 Å². The average Bonchev–Trinajstić information content (AvgIpc) is 2.53. The molecule has 0 aromatic rings. The van der Waals surface area contributed by atoms with Gasteiger partial charge in [-0.05, 0) is 12.0 Å². The average molecular weight is 170 g/mol. The van der Waals surface area contributed by atoms with Crippen LogP contribution in [-0.2, 0) is 4.74 Å². The molecule has 1 atom stereocenters. The van der Waals surface area contributed by atoms with Crippen LogP contribution in [0.5, 0.6) is 0 Å². The Bertz CT molecular complexity index is 178. The Labute approximate surface area is 71.9 Å². The quantitative estimate of drug-likeness (QED) is 0.359. The van der Waals surface area contributed by atoms with Gasteiger partial charge in [0.15, 0.2) is 0 Å². The van der Waals surface area contributed by atoms with E-state index in [0.717, 1.165) is 26.1 Å². The van der Waals surface area contributed by atoms with Crippen molar-refractivity contribution in [1.82, 2.24) is 4.90 Å². The highest BCUT2D eigenvalue weighted by Crippen LogP contribution is 2.10. The standard InChI is InChI=1S/C7H14N4O/c1-12-7-2-4-11(6-7)5-3-9-10-8/h7H,2-6H2,1H3/t7-/m0/s1. The lowest BCUT2D eigenvalue weighted by atomic mass is 10.3. The first-order valence-corrected chi connectivity index (χ1v) is 4.13. The molecule has 12 heavy (non-hydrogen) atoms. The van der Waals surface area contributed by atoms with Crippen LogP contribution >= 0.6 is 0 Å². The van der Waals surface area contributed by atoms with E-state index in [1.165, 1.54) is 0 Å². The molecule has 0 aromatic carbocycles. The molecular formula is C7H14N4O. The predicted octanol–water partition coefficient (Wildman–Crippen LogP) is 1.02. The third-order valence-corrected chi connectivity index (χ3v) is 2.14. The van der Waals surface area contributed by atoms with Gasteiger partial charge in [-0.15, -0.1) is 0 Å². The molecule has 1 heterocycles. The second-order valence-corrected chi connectivity index (χ2v) is 2.90. The summed E-state index contributed by atoms with van der Waals surface area (Å²) in [4.78, 5) is 4.96. The molecule has 1 saturated heterocycles. The van der Waals surface area contributed by atoms with Gasteiger partial charge >= 0.3 is 0 Å².